The summed E-state index contributed by atoms with van der Waals surface area (Å²) in [7, 11) is 0. The number of anilines is 1. The van der Waals surface area contributed by atoms with E-state index in [1.807, 2.05) is 6.07 Å². The van der Waals surface area contributed by atoms with Crippen LogP contribution in [0.3, 0.4) is 0 Å². The Kier molecular flexibility index (Phi) is 4.72. The van der Waals surface area contributed by atoms with Gasteiger partial charge in [0.05, 0.1) is 18.8 Å². The molecule has 2 aromatic rings. The van der Waals surface area contributed by atoms with Crippen molar-refractivity contribution in [2.75, 3.05) is 24.6 Å². The molecule has 0 amide bonds. The number of phenols is 1. The third kappa shape index (κ3) is 3.59. The molecule has 1 unspecified atom stereocenters. The first-order valence-electron chi connectivity index (χ1n) is 8.13. The highest BCUT2D eigenvalue weighted by Gasteiger charge is 2.25. The molecular weight excluding hydrogens is 290 g/mol. The van der Waals surface area contributed by atoms with Crippen molar-refractivity contribution in [3.63, 3.8) is 0 Å². The van der Waals surface area contributed by atoms with E-state index in [-0.39, 0.29) is 18.5 Å². The zero-order chi connectivity index (χ0) is 16.2. The predicted molar refractivity (Wildman–Crippen MR) is 91.3 cm³/mol. The fraction of sp³-hybridized carbons (Fsp3) is 0.368. The quantitative estimate of drug-likeness (QED) is 0.891. The summed E-state index contributed by atoms with van der Waals surface area (Å²) >= 11 is 0. The number of hydrogen-bond donors (Lipinski definition) is 2. The summed E-state index contributed by atoms with van der Waals surface area (Å²) in [4.78, 5) is 2.11. The lowest BCUT2D eigenvalue weighted by Crippen LogP contribution is -2.42. The third-order valence-corrected chi connectivity index (χ3v) is 4.27. The second-order valence-corrected chi connectivity index (χ2v) is 5.94. The molecule has 0 saturated heterocycles. The Morgan fingerprint density at radius 1 is 1.13 bits per heavy atom. The number of aliphatic hydroxyl groups excluding tert-OH is 1. The van der Waals surface area contributed by atoms with E-state index in [1.54, 1.807) is 12.1 Å². The zero-order valence-corrected chi connectivity index (χ0v) is 13.4. The molecule has 3 rings (SSSR count). The lowest BCUT2D eigenvalue weighted by molar-refractivity contribution is 0.188. The largest absolute Gasteiger partial charge is 0.508 e. The molecule has 0 radical (unpaired) electrons. The Morgan fingerprint density at radius 3 is 2.57 bits per heavy atom. The van der Waals surface area contributed by atoms with Gasteiger partial charge in [-0.3, -0.25) is 0 Å². The van der Waals surface area contributed by atoms with Crippen LogP contribution in [0, 0.1) is 0 Å². The average molecular weight is 313 g/mol. The number of rotatable bonds is 5. The number of ether oxygens (including phenoxy) is 1. The van der Waals surface area contributed by atoms with Crippen LogP contribution in [-0.2, 0) is 12.8 Å². The van der Waals surface area contributed by atoms with Crippen LogP contribution >= 0.6 is 0 Å². The normalized spacial score (nSPS) is 16.8. The summed E-state index contributed by atoms with van der Waals surface area (Å²) < 4.78 is 6.07. The van der Waals surface area contributed by atoms with Gasteiger partial charge in [0.2, 0.25) is 0 Å². The summed E-state index contributed by atoms with van der Waals surface area (Å²) in [6.45, 7) is 3.54. The number of benzene rings is 2. The van der Waals surface area contributed by atoms with Gasteiger partial charge in [0.1, 0.15) is 17.6 Å². The van der Waals surface area contributed by atoms with Crippen molar-refractivity contribution in [1.29, 1.82) is 0 Å². The molecule has 4 heteroatoms. The molecule has 0 aromatic heterocycles. The van der Waals surface area contributed by atoms with E-state index in [0.29, 0.717) is 12.3 Å². The Balaban J connectivity index is 1.78. The molecule has 2 N–H and O–H groups in total. The van der Waals surface area contributed by atoms with Gasteiger partial charge in [-0.05, 0) is 29.7 Å². The summed E-state index contributed by atoms with van der Waals surface area (Å²) in [5, 5.41) is 19.0. The maximum absolute atomic E-state index is 9.69. The molecule has 0 aliphatic carbocycles. The highest BCUT2D eigenvalue weighted by molar-refractivity contribution is 5.62. The maximum Gasteiger partial charge on any atom is 0.146 e. The van der Waals surface area contributed by atoms with E-state index in [9.17, 15) is 10.2 Å². The SMILES string of the molecule is CCc1ccc(CC2CN(CCO)c3ccc(O)cc3O2)cc1. The topological polar surface area (TPSA) is 52.9 Å². The lowest BCUT2D eigenvalue weighted by Gasteiger charge is -2.36. The first kappa shape index (κ1) is 15.7. The number of fused-ring (bicyclic) bond motifs is 1. The van der Waals surface area contributed by atoms with Gasteiger partial charge in [-0.15, -0.1) is 0 Å². The highest BCUT2D eigenvalue weighted by Crippen LogP contribution is 2.36. The van der Waals surface area contributed by atoms with Crippen LogP contribution in [0.2, 0.25) is 0 Å². The van der Waals surface area contributed by atoms with E-state index in [4.69, 9.17) is 4.74 Å². The van der Waals surface area contributed by atoms with Crippen molar-refractivity contribution in [2.45, 2.75) is 25.9 Å². The summed E-state index contributed by atoms with van der Waals surface area (Å²) in [6, 6.07) is 13.7. The highest BCUT2D eigenvalue weighted by atomic mass is 16.5. The number of phenolic OH excluding ortho intramolecular Hbond substituents is 1. The van der Waals surface area contributed by atoms with Gasteiger partial charge in [-0.25, -0.2) is 0 Å². The molecule has 1 heterocycles. The Hall–Kier alpha value is -2.20. The predicted octanol–water partition coefficient (Wildman–Crippen LogP) is 2.76. The summed E-state index contributed by atoms with van der Waals surface area (Å²) in [5.41, 5.74) is 3.49. The Morgan fingerprint density at radius 2 is 1.87 bits per heavy atom. The van der Waals surface area contributed by atoms with Gasteiger partial charge < -0.3 is 19.8 Å². The summed E-state index contributed by atoms with van der Waals surface area (Å²) in [5.74, 6) is 0.875. The molecule has 1 aliphatic heterocycles. The van der Waals surface area contributed by atoms with Crippen molar-refractivity contribution < 1.29 is 14.9 Å². The molecule has 0 bridgehead atoms. The van der Waals surface area contributed by atoms with E-state index in [0.717, 1.165) is 25.1 Å². The number of nitrogens with zero attached hydrogens (tertiary/aromatic N) is 1. The van der Waals surface area contributed by atoms with Crippen LogP contribution in [0.5, 0.6) is 11.5 Å². The van der Waals surface area contributed by atoms with Crippen LogP contribution in [0.15, 0.2) is 42.5 Å². The molecule has 0 spiro atoms. The molecule has 1 aliphatic rings. The molecular formula is C19H23NO3. The monoisotopic (exact) mass is 313 g/mol. The van der Waals surface area contributed by atoms with Crippen molar-refractivity contribution in [3.8, 4) is 11.5 Å². The molecule has 23 heavy (non-hydrogen) atoms. The van der Waals surface area contributed by atoms with Gasteiger partial charge in [0.15, 0.2) is 0 Å². The van der Waals surface area contributed by atoms with Gasteiger partial charge in [0.25, 0.3) is 0 Å². The number of aliphatic hydroxyl groups is 1. The summed E-state index contributed by atoms with van der Waals surface area (Å²) in [6.07, 6.45) is 1.85. The average Bonchev–Trinajstić information content (AvgIpc) is 2.55. The van der Waals surface area contributed by atoms with Crippen molar-refractivity contribution in [1.82, 2.24) is 0 Å². The van der Waals surface area contributed by atoms with Crippen molar-refractivity contribution in [2.24, 2.45) is 0 Å². The lowest BCUT2D eigenvalue weighted by atomic mass is 10.0. The van der Waals surface area contributed by atoms with Crippen LogP contribution in [0.4, 0.5) is 5.69 Å². The van der Waals surface area contributed by atoms with Crippen molar-refractivity contribution in [3.05, 3.63) is 53.6 Å². The van der Waals surface area contributed by atoms with Gasteiger partial charge in [0, 0.05) is 19.0 Å². The molecule has 0 saturated carbocycles. The molecule has 4 nitrogen and oxygen atoms in total. The minimum Gasteiger partial charge on any atom is -0.508 e. The molecule has 1 atom stereocenters. The van der Waals surface area contributed by atoms with E-state index in [1.165, 1.54) is 11.1 Å². The standard InChI is InChI=1S/C19H23NO3/c1-2-14-3-5-15(6-4-14)11-17-13-20(9-10-21)18-8-7-16(22)12-19(18)23-17/h3-8,12,17,21-22H,2,9-11,13H2,1H3. The third-order valence-electron chi connectivity index (χ3n) is 4.27. The first-order chi connectivity index (χ1) is 11.2. The van der Waals surface area contributed by atoms with E-state index in [2.05, 4.69) is 36.1 Å². The fourth-order valence-corrected chi connectivity index (χ4v) is 3.03. The van der Waals surface area contributed by atoms with Crippen LogP contribution in [0.1, 0.15) is 18.1 Å². The Bertz CT molecular complexity index is 654. The van der Waals surface area contributed by atoms with Crippen LogP contribution in [0.25, 0.3) is 0 Å². The van der Waals surface area contributed by atoms with Crippen LogP contribution < -0.4 is 9.64 Å². The van der Waals surface area contributed by atoms with Crippen molar-refractivity contribution >= 4 is 5.69 Å². The fourth-order valence-electron chi connectivity index (χ4n) is 3.03. The second kappa shape index (κ2) is 6.92. The van der Waals surface area contributed by atoms with E-state index < -0.39 is 0 Å². The van der Waals surface area contributed by atoms with Gasteiger partial charge >= 0.3 is 0 Å². The van der Waals surface area contributed by atoms with Gasteiger partial charge in [-0.1, -0.05) is 31.2 Å². The number of hydrogen-bond acceptors (Lipinski definition) is 4. The first-order valence-corrected chi connectivity index (χ1v) is 8.13. The minimum absolute atomic E-state index is 0.00308. The molecule has 122 valence electrons. The number of aryl methyl sites for hydroxylation is 1. The smallest absolute Gasteiger partial charge is 0.146 e. The molecule has 0 fully saturated rings. The Labute approximate surface area is 136 Å². The van der Waals surface area contributed by atoms with E-state index >= 15 is 0 Å². The maximum atomic E-state index is 9.69. The minimum atomic E-state index is 0.00308. The zero-order valence-electron chi connectivity index (χ0n) is 13.4. The number of aromatic hydroxyl groups is 1. The number of β-amino-alcohol motifs (C(OH)–C–C–N with tert-alkyl or cyclic N) is 1. The molecule has 2 aromatic carbocycles. The van der Waals surface area contributed by atoms with Gasteiger partial charge in [-0.2, -0.15) is 0 Å². The van der Waals surface area contributed by atoms with Crippen LogP contribution in [-0.4, -0.2) is 36.0 Å². The second-order valence-electron chi connectivity index (χ2n) is 5.94.